The maximum absolute atomic E-state index is 13.6. The molecule has 0 saturated carbocycles. The second-order valence-electron chi connectivity index (χ2n) is 6.44. The van der Waals surface area contributed by atoms with Gasteiger partial charge >= 0.3 is 0 Å². The number of methoxy groups -OCH3 is 1. The summed E-state index contributed by atoms with van der Waals surface area (Å²) in [5.41, 5.74) is 1.86. The Kier molecular flexibility index (Phi) is 6.06. The van der Waals surface area contributed by atoms with Crippen molar-refractivity contribution < 1.29 is 19.0 Å². The number of hydrogen-bond acceptors (Lipinski definition) is 4. The second kappa shape index (κ2) is 8.67. The molecule has 28 heavy (non-hydrogen) atoms. The van der Waals surface area contributed by atoms with Gasteiger partial charge in [-0.15, -0.1) is 0 Å². The molecular weight excluding hydrogens is 359 g/mol. The Morgan fingerprint density at radius 1 is 1.21 bits per heavy atom. The molecule has 0 unspecified atom stereocenters. The summed E-state index contributed by atoms with van der Waals surface area (Å²) in [5, 5.41) is 19.2. The summed E-state index contributed by atoms with van der Waals surface area (Å²) in [6.45, 7) is -0.376. The van der Waals surface area contributed by atoms with Crippen LogP contribution in [-0.2, 0) is 9.53 Å². The summed E-state index contributed by atoms with van der Waals surface area (Å²) in [5.74, 6) is 4.73. The number of ether oxygens (including phenoxy) is 1. The zero-order valence-corrected chi connectivity index (χ0v) is 15.3. The number of carbonyl (C=O) groups excluding carboxylic acids is 1. The van der Waals surface area contributed by atoms with Crippen LogP contribution in [0, 0.1) is 29.0 Å². The van der Waals surface area contributed by atoms with Gasteiger partial charge in [0.05, 0.1) is 24.3 Å². The van der Waals surface area contributed by atoms with Crippen molar-refractivity contribution in [3.63, 3.8) is 0 Å². The van der Waals surface area contributed by atoms with Gasteiger partial charge in [-0.1, -0.05) is 36.1 Å². The molecule has 1 aliphatic heterocycles. The predicted molar refractivity (Wildman–Crippen MR) is 101 cm³/mol. The first-order valence-corrected chi connectivity index (χ1v) is 8.77. The largest absolute Gasteiger partial charge is 0.394 e. The quantitative estimate of drug-likeness (QED) is 0.827. The minimum absolute atomic E-state index is 0.133. The van der Waals surface area contributed by atoms with Crippen molar-refractivity contribution in [3.05, 3.63) is 71.0 Å². The number of aliphatic hydroxyl groups is 1. The number of nitriles is 1. The first-order chi connectivity index (χ1) is 13.6. The Balaban J connectivity index is 1.79. The lowest BCUT2D eigenvalue weighted by Gasteiger charge is -2.51. The number of carbonyl (C=O) groups is 1. The highest BCUT2D eigenvalue weighted by Crippen LogP contribution is 2.40. The molecule has 2 aromatic carbocycles. The van der Waals surface area contributed by atoms with E-state index in [2.05, 4.69) is 17.9 Å². The maximum Gasteiger partial charge on any atom is 0.249 e. The zero-order chi connectivity index (χ0) is 20.1. The summed E-state index contributed by atoms with van der Waals surface area (Å²) >= 11 is 0. The van der Waals surface area contributed by atoms with E-state index in [-0.39, 0.29) is 30.9 Å². The summed E-state index contributed by atoms with van der Waals surface area (Å²) in [6.07, 6.45) is 0. The van der Waals surface area contributed by atoms with Gasteiger partial charge in [-0.3, -0.25) is 4.79 Å². The monoisotopic (exact) mass is 378 g/mol. The van der Waals surface area contributed by atoms with E-state index < -0.39 is 12.1 Å². The van der Waals surface area contributed by atoms with Crippen molar-refractivity contribution in [2.75, 3.05) is 20.3 Å². The van der Waals surface area contributed by atoms with Crippen LogP contribution in [0.25, 0.3) is 0 Å². The van der Waals surface area contributed by atoms with Crippen molar-refractivity contribution in [2.45, 2.75) is 18.0 Å². The summed E-state index contributed by atoms with van der Waals surface area (Å²) in [4.78, 5) is 13.5. The van der Waals surface area contributed by atoms with Crippen LogP contribution < -0.4 is 0 Å². The van der Waals surface area contributed by atoms with Gasteiger partial charge in [0.25, 0.3) is 0 Å². The SMILES string of the molecule is COCC(=O)N1[C@H](CO)[C@@H](c2ccc(C#Cc3ccccc3F)cc2)[C@@H]1C#N. The topological polar surface area (TPSA) is 73.6 Å². The number of amides is 1. The van der Waals surface area contributed by atoms with Crippen LogP contribution in [0.2, 0.25) is 0 Å². The third-order valence-corrected chi connectivity index (χ3v) is 4.80. The highest BCUT2D eigenvalue weighted by Gasteiger charge is 2.51. The average molecular weight is 378 g/mol. The van der Waals surface area contributed by atoms with E-state index >= 15 is 0 Å². The van der Waals surface area contributed by atoms with Crippen molar-refractivity contribution in [1.82, 2.24) is 4.90 Å². The van der Waals surface area contributed by atoms with E-state index in [0.29, 0.717) is 11.1 Å². The van der Waals surface area contributed by atoms with Gasteiger partial charge in [0.2, 0.25) is 5.91 Å². The van der Waals surface area contributed by atoms with Crippen LogP contribution in [0.4, 0.5) is 4.39 Å². The Morgan fingerprint density at radius 2 is 1.93 bits per heavy atom. The fraction of sp³-hybridized carbons (Fsp3) is 0.273. The average Bonchev–Trinajstić information content (AvgIpc) is 2.68. The molecule has 1 amide bonds. The predicted octanol–water partition coefficient (Wildman–Crippen LogP) is 2.05. The summed E-state index contributed by atoms with van der Waals surface area (Å²) in [7, 11) is 1.41. The smallest absolute Gasteiger partial charge is 0.249 e. The van der Waals surface area contributed by atoms with E-state index in [9.17, 15) is 19.6 Å². The molecule has 3 atom stereocenters. The molecule has 1 fully saturated rings. The van der Waals surface area contributed by atoms with E-state index in [4.69, 9.17) is 4.74 Å². The lowest BCUT2D eigenvalue weighted by molar-refractivity contribution is -0.150. The normalized spacial score (nSPS) is 20.5. The zero-order valence-electron chi connectivity index (χ0n) is 15.3. The molecule has 1 aliphatic rings. The van der Waals surface area contributed by atoms with Gasteiger partial charge in [0.1, 0.15) is 18.5 Å². The molecular formula is C22H19FN2O3. The first kappa shape index (κ1) is 19.6. The minimum Gasteiger partial charge on any atom is -0.394 e. The van der Waals surface area contributed by atoms with Crippen LogP contribution in [-0.4, -0.2) is 48.3 Å². The molecule has 142 valence electrons. The number of rotatable bonds is 4. The fourth-order valence-corrected chi connectivity index (χ4v) is 3.44. The van der Waals surface area contributed by atoms with Crippen molar-refractivity contribution >= 4 is 5.91 Å². The number of halogens is 1. The Labute approximate surface area is 163 Å². The highest BCUT2D eigenvalue weighted by atomic mass is 19.1. The molecule has 2 aromatic rings. The van der Waals surface area contributed by atoms with Gasteiger partial charge in [-0.05, 0) is 29.8 Å². The second-order valence-corrected chi connectivity index (χ2v) is 6.44. The van der Waals surface area contributed by atoms with Gasteiger partial charge in [-0.2, -0.15) is 5.26 Å². The van der Waals surface area contributed by atoms with Crippen molar-refractivity contribution in [2.24, 2.45) is 0 Å². The number of likely N-dealkylation sites (tertiary alicyclic amines) is 1. The molecule has 0 bridgehead atoms. The molecule has 6 heteroatoms. The van der Waals surface area contributed by atoms with Gasteiger partial charge in [0, 0.05) is 18.6 Å². The molecule has 0 aliphatic carbocycles. The summed E-state index contributed by atoms with van der Waals surface area (Å²) in [6, 6.07) is 14.5. The molecule has 1 N–H and O–H groups in total. The maximum atomic E-state index is 13.6. The van der Waals surface area contributed by atoms with E-state index in [0.717, 1.165) is 5.56 Å². The molecule has 5 nitrogen and oxygen atoms in total. The van der Waals surface area contributed by atoms with Crippen molar-refractivity contribution in [1.29, 1.82) is 5.26 Å². The Bertz CT molecular complexity index is 956. The number of hydrogen-bond donors (Lipinski definition) is 1. The van der Waals surface area contributed by atoms with Crippen LogP contribution in [0.5, 0.6) is 0 Å². The lowest BCUT2D eigenvalue weighted by Crippen LogP contribution is -2.65. The first-order valence-electron chi connectivity index (χ1n) is 8.77. The van der Waals surface area contributed by atoms with Gasteiger partial charge in [0.15, 0.2) is 0 Å². The molecule has 3 rings (SSSR count). The number of nitrogens with zero attached hydrogens (tertiary/aromatic N) is 2. The van der Waals surface area contributed by atoms with Crippen LogP contribution in [0.1, 0.15) is 22.6 Å². The van der Waals surface area contributed by atoms with E-state index in [1.807, 2.05) is 12.1 Å². The van der Waals surface area contributed by atoms with E-state index in [1.54, 1.807) is 30.3 Å². The Hall–Kier alpha value is -3.19. The van der Waals surface area contributed by atoms with Crippen LogP contribution >= 0.6 is 0 Å². The van der Waals surface area contributed by atoms with E-state index in [1.165, 1.54) is 18.1 Å². The third-order valence-electron chi connectivity index (χ3n) is 4.80. The molecule has 1 heterocycles. The Morgan fingerprint density at radius 3 is 2.54 bits per heavy atom. The van der Waals surface area contributed by atoms with Gasteiger partial charge in [-0.25, -0.2) is 4.39 Å². The highest BCUT2D eigenvalue weighted by molar-refractivity contribution is 5.80. The standard InChI is InChI=1S/C22H19FN2O3/c1-28-14-21(27)25-19(12-24)22(20(25)13-26)17-10-7-15(8-11-17)6-9-16-4-2-3-5-18(16)23/h2-5,7-8,10-11,19-20,22,26H,13-14H2,1H3/t19-,20+,22-/m0/s1. The van der Waals surface area contributed by atoms with Gasteiger partial charge < -0.3 is 14.7 Å². The van der Waals surface area contributed by atoms with Crippen molar-refractivity contribution in [3.8, 4) is 17.9 Å². The molecule has 1 saturated heterocycles. The molecule has 0 spiro atoms. The lowest BCUT2D eigenvalue weighted by atomic mass is 9.75. The minimum atomic E-state index is -0.657. The third kappa shape index (κ3) is 3.75. The molecule has 0 radical (unpaired) electrons. The number of benzene rings is 2. The van der Waals surface area contributed by atoms with Crippen LogP contribution in [0.15, 0.2) is 48.5 Å². The fourth-order valence-electron chi connectivity index (χ4n) is 3.44. The summed E-state index contributed by atoms with van der Waals surface area (Å²) < 4.78 is 18.5. The van der Waals surface area contributed by atoms with Crippen LogP contribution in [0.3, 0.4) is 0 Å². The number of aliphatic hydroxyl groups excluding tert-OH is 1. The molecule has 0 aromatic heterocycles.